The van der Waals surface area contributed by atoms with Gasteiger partial charge in [-0.1, -0.05) is 26.2 Å². The van der Waals surface area contributed by atoms with Crippen LogP contribution in [-0.2, 0) is 10.2 Å². The molecule has 0 bridgehead atoms. The zero-order chi connectivity index (χ0) is 16.9. The maximum absolute atomic E-state index is 11.1. The molecule has 5 nitrogen and oxygen atoms in total. The van der Waals surface area contributed by atoms with Gasteiger partial charge in [0.2, 0.25) is 0 Å². The summed E-state index contributed by atoms with van der Waals surface area (Å²) in [6.45, 7) is 19.6. The number of hydrogen-bond acceptors (Lipinski definition) is 3. The summed E-state index contributed by atoms with van der Waals surface area (Å²) < 4.78 is 26.9. The quantitative estimate of drug-likeness (QED) is 0.643. The summed E-state index contributed by atoms with van der Waals surface area (Å²) in [4.78, 5) is 2.16. The van der Waals surface area contributed by atoms with Crippen molar-refractivity contribution in [3.8, 4) is 0 Å². The Morgan fingerprint density at radius 1 is 1.24 bits per heavy atom. The highest BCUT2D eigenvalue weighted by Gasteiger charge is 2.06. The molecule has 0 unspecified atom stereocenters. The van der Waals surface area contributed by atoms with Gasteiger partial charge in [0, 0.05) is 31.0 Å². The second-order valence-corrected chi connectivity index (χ2v) is 5.84. The Hall–Kier alpha value is -1.27. The Kier molecular flexibility index (Phi) is 13.1. The molecule has 0 aliphatic rings. The SMILES string of the molecule is C/C=C(/C)NS(=O)(=O)NCCC.C=CC(=C)N(CC)CC. The molecular formula is C15H31N3O2S. The smallest absolute Gasteiger partial charge is 0.298 e. The van der Waals surface area contributed by atoms with E-state index >= 15 is 0 Å². The lowest BCUT2D eigenvalue weighted by molar-refractivity contribution is 0.396. The van der Waals surface area contributed by atoms with Crippen LogP contribution in [0, 0.1) is 0 Å². The molecule has 0 atom stereocenters. The third kappa shape index (κ3) is 12.2. The average molecular weight is 317 g/mol. The zero-order valence-electron chi connectivity index (χ0n) is 14.1. The molecule has 0 radical (unpaired) electrons. The highest BCUT2D eigenvalue weighted by molar-refractivity contribution is 7.87. The van der Waals surface area contributed by atoms with Crippen molar-refractivity contribution in [3.63, 3.8) is 0 Å². The van der Waals surface area contributed by atoms with Crippen LogP contribution in [0.4, 0.5) is 0 Å². The summed E-state index contributed by atoms with van der Waals surface area (Å²) in [7, 11) is -3.32. The number of hydrogen-bond donors (Lipinski definition) is 2. The van der Waals surface area contributed by atoms with E-state index in [1.807, 2.05) is 6.92 Å². The first-order valence-electron chi connectivity index (χ1n) is 7.24. The average Bonchev–Trinajstić information content (AvgIpc) is 2.46. The van der Waals surface area contributed by atoms with Crippen molar-refractivity contribution in [2.24, 2.45) is 0 Å². The molecule has 0 aromatic heterocycles. The van der Waals surface area contributed by atoms with Crippen LogP contribution in [0.1, 0.15) is 41.0 Å². The van der Waals surface area contributed by atoms with E-state index in [1.54, 1.807) is 26.0 Å². The summed E-state index contributed by atoms with van der Waals surface area (Å²) in [5, 5.41) is 0. The lowest BCUT2D eigenvalue weighted by Gasteiger charge is -2.20. The number of allylic oxidation sites excluding steroid dienone is 3. The van der Waals surface area contributed by atoms with Gasteiger partial charge in [0.15, 0.2) is 0 Å². The predicted octanol–water partition coefficient (Wildman–Crippen LogP) is 2.77. The van der Waals surface area contributed by atoms with E-state index in [1.165, 1.54) is 0 Å². The summed E-state index contributed by atoms with van der Waals surface area (Å²) in [5.74, 6) is 0. The number of nitrogens with one attached hydrogen (secondary N) is 2. The topological polar surface area (TPSA) is 61.4 Å². The van der Waals surface area contributed by atoms with Crippen molar-refractivity contribution < 1.29 is 8.42 Å². The highest BCUT2D eigenvalue weighted by Crippen LogP contribution is 1.99. The van der Waals surface area contributed by atoms with Crippen LogP contribution in [0.2, 0.25) is 0 Å². The van der Waals surface area contributed by atoms with Gasteiger partial charge < -0.3 is 4.90 Å². The van der Waals surface area contributed by atoms with Crippen molar-refractivity contribution in [1.29, 1.82) is 0 Å². The molecule has 124 valence electrons. The normalized spacial score (nSPS) is 11.2. The van der Waals surface area contributed by atoms with Gasteiger partial charge >= 0.3 is 0 Å². The van der Waals surface area contributed by atoms with Crippen molar-refractivity contribution in [3.05, 3.63) is 36.7 Å². The molecule has 0 rings (SSSR count). The fourth-order valence-electron chi connectivity index (χ4n) is 1.30. The second kappa shape index (κ2) is 12.5. The predicted molar refractivity (Wildman–Crippen MR) is 92.0 cm³/mol. The number of likely N-dealkylation sites (N-methyl/N-ethyl adjacent to an activating group) is 1. The van der Waals surface area contributed by atoms with Gasteiger partial charge in [-0.3, -0.25) is 4.72 Å². The van der Waals surface area contributed by atoms with Gasteiger partial charge in [-0.2, -0.15) is 13.1 Å². The zero-order valence-corrected chi connectivity index (χ0v) is 14.9. The summed E-state index contributed by atoms with van der Waals surface area (Å²) >= 11 is 0. The first-order chi connectivity index (χ1) is 9.77. The van der Waals surface area contributed by atoms with Gasteiger partial charge in [0.05, 0.1) is 0 Å². The molecule has 21 heavy (non-hydrogen) atoms. The lowest BCUT2D eigenvalue weighted by atomic mass is 10.4. The molecule has 0 aromatic rings. The molecule has 0 aliphatic carbocycles. The molecule has 0 saturated carbocycles. The maximum atomic E-state index is 11.1. The molecule has 0 aliphatic heterocycles. The summed E-state index contributed by atoms with van der Waals surface area (Å²) in [6.07, 6.45) is 4.27. The largest absolute Gasteiger partial charge is 0.373 e. The van der Waals surface area contributed by atoms with Crippen LogP contribution in [-0.4, -0.2) is 33.0 Å². The molecular weight excluding hydrogens is 286 g/mol. The van der Waals surface area contributed by atoms with E-state index in [2.05, 4.69) is 41.3 Å². The fraction of sp³-hybridized carbons (Fsp3) is 0.600. The van der Waals surface area contributed by atoms with E-state index in [-0.39, 0.29) is 0 Å². The van der Waals surface area contributed by atoms with Crippen molar-refractivity contribution in [2.75, 3.05) is 19.6 Å². The molecule has 0 spiro atoms. The van der Waals surface area contributed by atoms with Gasteiger partial charge in [0.25, 0.3) is 10.2 Å². The third-order valence-corrected chi connectivity index (χ3v) is 3.85. The Morgan fingerprint density at radius 2 is 1.76 bits per heavy atom. The summed E-state index contributed by atoms with van der Waals surface area (Å²) in [5.41, 5.74) is 1.64. The molecule has 0 amide bonds. The monoisotopic (exact) mass is 317 g/mol. The van der Waals surface area contributed by atoms with E-state index < -0.39 is 10.2 Å². The van der Waals surface area contributed by atoms with E-state index in [4.69, 9.17) is 0 Å². The van der Waals surface area contributed by atoms with Crippen LogP contribution < -0.4 is 9.44 Å². The highest BCUT2D eigenvalue weighted by atomic mass is 32.2. The van der Waals surface area contributed by atoms with Crippen LogP contribution in [0.25, 0.3) is 0 Å². The van der Waals surface area contributed by atoms with E-state index in [0.717, 1.165) is 25.2 Å². The number of rotatable bonds is 9. The van der Waals surface area contributed by atoms with Gasteiger partial charge in [-0.15, -0.1) is 0 Å². The molecule has 0 fully saturated rings. The minimum Gasteiger partial charge on any atom is -0.373 e. The fourth-order valence-corrected chi connectivity index (χ4v) is 2.39. The molecule has 0 saturated heterocycles. The van der Waals surface area contributed by atoms with Crippen LogP contribution in [0.5, 0.6) is 0 Å². The third-order valence-electron chi connectivity index (χ3n) is 2.68. The molecule has 6 heteroatoms. The van der Waals surface area contributed by atoms with Crippen LogP contribution >= 0.6 is 0 Å². The minimum atomic E-state index is -3.32. The van der Waals surface area contributed by atoms with Crippen molar-refractivity contribution in [2.45, 2.75) is 41.0 Å². The van der Waals surface area contributed by atoms with E-state index in [0.29, 0.717) is 12.2 Å². The van der Waals surface area contributed by atoms with E-state index in [9.17, 15) is 8.42 Å². The summed E-state index contributed by atoms with van der Waals surface area (Å²) in [6, 6.07) is 0. The first kappa shape index (κ1) is 22.0. The van der Waals surface area contributed by atoms with Crippen LogP contribution in [0.15, 0.2) is 36.7 Å². The Labute approximate surface area is 131 Å². The Morgan fingerprint density at radius 3 is 2.05 bits per heavy atom. The van der Waals surface area contributed by atoms with Crippen molar-refractivity contribution >= 4 is 10.2 Å². The first-order valence-corrected chi connectivity index (χ1v) is 8.72. The maximum Gasteiger partial charge on any atom is 0.298 e. The molecule has 0 aromatic carbocycles. The van der Waals surface area contributed by atoms with Gasteiger partial charge in [-0.25, -0.2) is 0 Å². The van der Waals surface area contributed by atoms with Crippen LogP contribution in [0.3, 0.4) is 0 Å². The van der Waals surface area contributed by atoms with Gasteiger partial charge in [-0.05, 0) is 40.2 Å². The molecule has 0 heterocycles. The Bertz CT molecular complexity index is 424. The number of nitrogens with zero attached hydrogens (tertiary/aromatic N) is 1. The minimum absolute atomic E-state index is 0.465. The lowest BCUT2D eigenvalue weighted by Crippen LogP contribution is -2.35. The molecule has 2 N–H and O–H groups in total. The second-order valence-electron chi connectivity index (χ2n) is 4.34. The van der Waals surface area contributed by atoms with Crippen molar-refractivity contribution in [1.82, 2.24) is 14.3 Å². The Balaban J connectivity index is 0. The van der Waals surface area contributed by atoms with Gasteiger partial charge in [0.1, 0.15) is 0 Å². The standard InChI is InChI=1S/C8H15N.C7H16N2O2S/c1-5-8(4)9(6-2)7-3;1-4-6-8-12(10,11)9-7(3)5-2/h5H,1,4,6-7H2,2-3H3;5,8-9H,4,6H2,1-3H3/b;7-5-.